The van der Waals surface area contributed by atoms with Crippen molar-refractivity contribution in [3.8, 4) is 11.5 Å². The van der Waals surface area contributed by atoms with Gasteiger partial charge in [0.2, 0.25) is 12.2 Å². The van der Waals surface area contributed by atoms with Gasteiger partial charge in [-0.25, -0.2) is 10.2 Å². The Kier molecular flexibility index (Phi) is 23.2. The number of hydrogen-bond donors (Lipinski definition) is 5. The third-order valence-electron chi connectivity index (χ3n) is 7.04. The monoisotopic (exact) mass is 789 g/mol. The number of nitrogens with zero attached hydrogens (tertiary/aromatic N) is 1. The molecule has 3 unspecified atom stereocenters. The number of hydrogen-bond acceptors (Lipinski definition) is 15. The summed E-state index contributed by atoms with van der Waals surface area (Å²) in [6, 6.07) is 4.79. The molecule has 54 heavy (non-hydrogen) atoms. The fourth-order valence-corrected chi connectivity index (χ4v) is 4.92. The fourth-order valence-electron chi connectivity index (χ4n) is 4.53. The highest BCUT2D eigenvalue weighted by molar-refractivity contribution is 7.85. The molecule has 0 radical (unpaired) electrons. The Morgan fingerprint density at radius 1 is 1.04 bits per heavy atom. The smallest absolute Gasteiger partial charge is 0.333 e. The largest absolute Gasteiger partial charge is 0.491 e. The van der Waals surface area contributed by atoms with Crippen LogP contribution in [0.3, 0.4) is 0 Å². The molecule has 304 valence electrons. The second-order valence-corrected chi connectivity index (χ2v) is 12.9. The van der Waals surface area contributed by atoms with Crippen LogP contribution >= 0.6 is 0 Å². The van der Waals surface area contributed by atoms with Crippen LogP contribution in [-0.4, -0.2) is 121 Å². The van der Waals surface area contributed by atoms with Crippen LogP contribution in [-0.2, 0) is 59.7 Å². The van der Waals surface area contributed by atoms with Crippen LogP contribution in [0.15, 0.2) is 30.4 Å². The van der Waals surface area contributed by atoms with Gasteiger partial charge in [0.1, 0.15) is 31.0 Å². The molecule has 1 fully saturated rings. The number of aliphatic carboxylic acids is 1. The average Bonchev–Trinajstić information content (AvgIpc) is 3.44. The van der Waals surface area contributed by atoms with E-state index in [4.69, 9.17) is 28.2 Å². The summed E-state index contributed by atoms with van der Waals surface area (Å²) >= 11 is 0. The van der Waals surface area contributed by atoms with E-state index in [-0.39, 0.29) is 63.4 Å². The number of hydrazine groups is 1. The molecule has 1 saturated heterocycles. The predicted molar refractivity (Wildman–Crippen MR) is 189 cm³/mol. The summed E-state index contributed by atoms with van der Waals surface area (Å²) in [7, 11) is -3.92. The molecular formula is C34H51N3O16S. The molecule has 3 amide bonds. The van der Waals surface area contributed by atoms with Gasteiger partial charge in [0.15, 0.2) is 6.10 Å². The number of carbonyl (C=O) groups excluding carboxylic acids is 5. The van der Waals surface area contributed by atoms with Crippen LogP contribution in [0.25, 0.3) is 0 Å². The van der Waals surface area contributed by atoms with Gasteiger partial charge < -0.3 is 38.7 Å². The highest BCUT2D eigenvalue weighted by Crippen LogP contribution is 2.29. The Balaban J connectivity index is 0.00000129. The minimum absolute atomic E-state index is 0.0279. The first-order valence-corrected chi connectivity index (χ1v) is 18.9. The van der Waals surface area contributed by atoms with E-state index < -0.39 is 46.3 Å². The van der Waals surface area contributed by atoms with Gasteiger partial charge >= 0.3 is 11.9 Å². The Hall–Kier alpha value is -4.47. The van der Waals surface area contributed by atoms with E-state index in [1.165, 1.54) is 24.0 Å². The number of carbonyl (C=O) groups is 6. The van der Waals surface area contributed by atoms with Gasteiger partial charge in [0.05, 0.1) is 25.1 Å². The number of aliphatic hydroxyl groups excluding tert-OH is 1. The lowest BCUT2D eigenvalue weighted by Gasteiger charge is -2.31. The van der Waals surface area contributed by atoms with Crippen molar-refractivity contribution in [3.05, 3.63) is 35.9 Å². The second-order valence-electron chi connectivity index (χ2n) is 11.3. The first kappa shape index (κ1) is 47.6. The summed E-state index contributed by atoms with van der Waals surface area (Å²) in [6.45, 7) is 6.58. The number of aldehydes is 1. The minimum atomic E-state index is -3.92. The van der Waals surface area contributed by atoms with Crippen molar-refractivity contribution in [2.75, 3.05) is 38.7 Å². The molecule has 0 aromatic heterocycles. The standard InChI is InChI=1S/C29H39N3O12.C3H6O4S.C2H6/c1-19(33)42-18-20-6-7-22(43-28-16-21(34)15-24(44-28)29(38)39)17-23(20)41-14-13-40-12-10-30-31-25(35)5-3-2-4-11-32-26(36)8-9-27(32)37;4-2-1-3-8(5,6)7;1-2/h6-9,17,21,24,28,30,34H,2-5,10-16,18H2,1H3,(H,31,35)(H,38,39);2H,1,3H2,(H,5,6,7);1-2H3. The fraction of sp³-hybridized carbons (Fsp3) is 0.588. The maximum absolute atomic E-state index is 12.0. The normalized spacial score (nSPS) is 17.7. The lowest BCUT2D eigenvalue weighted by molar-refractivity contribution is -0.195. The predicted octanol–water partition coefficient (Wildman–Crippen LogP) is 1.07. The highest BCUT2D eigenvalue weighted by atomic mass is 32.2. The van der Waals surface area contributed by atoms with Gasteiger partial charge in [-0.3, -0.25) is 34.1 Å². The molecule has 2 heterocycles. The number of benzene rings is 1. The van der Waals surface area contributed by atoms with Gasteiger partial charge in [-0.05, 0) is 25.0 Å². The van der Waals surface area contributed by atoms with Crippen LogP contribution in [0.2, 0.25) is 0 Å². The van der Waals surface area contributed by atoms with Crippen molar-refractivity contribution < 1.29 is 75.6 Å². The molecule has 2 aliphatic heterocycles. The number of unbranched alkanes of at least 4 members (excludes halogenated alkanes) is 2. The number of carboxylic acid groups (broad SMARTS) is 1. The van der Waals surface area contributed by atoms with E-state index in [0.29, 0.717) is 62.1 Å². The molecule has 0 aliphatic carbocycles. The number of carboxylic acids is 1. The molecule has 0 bridgehead atoms. The van der Waals surface area contributed by atoms with Crippen LogP contribution in [0.4, 0.5) is 0 Å². The van der Waals surface area contributed by atoms with E-state index in [1.807, 2.05) is 13.8 Å². The third kappa shape index (κ3) is 20.7. The van der Waals surface area contributed by atoms with Crippen molar-refractivity contribution in [1.82, 2.24) is 15.8 Å². The number of esters is 1. The summed E-state index contributed by atoms with van der Waals surface area (Å²) in [4.78, 5) is 68.2. The average molecular weight is 790 g/mol. The van der Waals surface area contributed by atoms with Crippen LogP contribution in [0.1, 0.15) is 71.3 Å². The Bertz CT molecular complexity index is 1490. The van der Waals surface area contributed by atoms with E-state index >= 15 is 0 Å². The van der Waals surface area contributed by atoms with E-state index in [1.54, 1.807) is 18.2 Å². The molecular weight excluding hydrogens is 738 g/mol. The molecule has 0 spiro atoms. The van der Waals surface area contributed by atoms with Crippen molar-refractivity contribution in [2.24, 2.45) is 0 Å². The summed E-state index contributed by atoms with van der Waals surface area (Å²) < 4.78 is 55.1. The van der Waals surface area contributed by atoms with E-state index in [0.717, 1.165) is 0 Å². The van der Waals surface area contributed by atoms with Gasteiger partial charge in [-0.1, -0.05) is 20.3 Å². The Morgan fingerprint density at radius 3 is 2.35 bits per heavy atom. The molecule has 3 rings (SSSR count). The van der Waals surface area contributed by atoms with Gasteiger partial charge in [0.25, 0.3) is 21.9 Å². The summed E-state index contributed by atoms with van der Waals surface area (Å²) in [5.41, 5.74) is 5.94. The molecule has 1 aromatic rings. The SMILES string of the molecule is CC.CC(=O)OCc1ccc(OC2CC(O)CC(C(=O)O)O2)cc1OCCOCCNNC(=O)CCCCCN1C(=O)C=CC1=O.O=CCCS(=O)(=O)O. The Morgan fingerprint density at radius 2 is 1.74 bits per heavy atom. The maximum atomic E-state index is 12.0. The van der Waals surface area contributed by atoms with Crippen LogP contribution in [0.5, 0.6) is 11.5 Å². The number of nitrogens with one attached hydrogen (secondary N) is 2. The number of rotatable bonds is 22. The summed E-state index contributed by atoms with van der Waals surface area (Å²) in [5.74, 6) is -2.25. The van der Waals surface area contributed by atoms with Crippen molar-refractivity contribution in [2.45, 2.75) is 90.8 Å². The summed E-state index contributed by atoms with van der Waals surface area (Å²) in [6.07, 6.45) is 2.08. The van der Waals surface area contributed by atoms with Gasteiger partial charge in [0, 0.05) is 69.5 Å². The number of ether oxygens (including phenoxy) is 5. The van der Waals surface area contributed by atoms with Crippen molar-refractivity contribution >= 4 is 46.1 Å². The van der Waals surface area contributed by atoms with Crippen molar-refractivity contribution in [3.63, 3.8) is 0 Å². The van der Waals surface area contributed by atoms with Gasteiger partial charge in [-0.2, -0.15) is 8.42 Å². The van der Waals surface area contributed by atoms with Crippen LogP contribution < -0.4 is 20.3 Å². The number of amides is 3. The van der Waals surface area contributed by atoms with E-state index in [2.05, 4.69) is 10.9 Å². The lowest BCUT2D eigenvalue weighted by atomic mass is 10.1. The first-order valence-electron chi connectivity index (χ1n) is 17.3. The maximum Gasteiger partial charge on any atom is 0.333 e. The molecule has 5 N–H and O–H groups in total. The minimum Gasteiger partial charge on any atom is -0.491 e. The van der Waals surface area contributed by atoms with Crippen molar-refractivity contribution in [1.29, 1.82) is 0 Å². The van der Waals surface area contributed by atoms with Crippen LogP contribution in [0, 0.1) is 0 Å². The zero-order valence-electron chi connectivity index (χ0n) is 30.6. The number of aliphatic hydroxyl groups is 1. The second kappa shape index (κ2) is 26.3. The highest BCUT2D eigenvalue weighted by Gasteiger charge is 2.34. The molecule has 20 heteroatoms. The molecule has 2 aliphatic rings. The molecule has 3 atom stereocenters. The quantitative estimate of drug-likeness (QED) is 0.0274. The zero-order valence-corrected chi connectivity index (χ0v) is 31.4. The van der Waals surface area contributed by atoms with E-state index in [9.17, 15) is 47.4 Å². The molecule has 19 nitrogen and oxygen atoms in total. The zero-order chi connectivity index (χ0) is 40.5. The lowest BCUT2D eigenvalue weighted by Crippen LogP contribution is -2.42. The van der Waals surface area contributed by atoms with Gasteiger partial charge in [-0.15, -0.1) is 0 Å². The Labute approximate surface area is 314 Å². The summed E-state index contributed by atoms with van der Waals surface area (Å²) in [5, 5.41) is 19.2. The first-order chi connectivity index (χ1) is 25.7. The topological polar surface area (TPSA) is 271 Å². The number of imide groups is 1. The molecule has 1 aromatic carbocycles. The third-order valence-corrected chi connectivity index (χ3v) is 7.80. The molecule has 0 saturated carbocycles.